The first-order valence-electron chi connectivity index (χ1n) is 5.08. The first-order chi connectivity index (χ1) is 7.79. The Hall–Kier alpha value is -1.39. The molecular formula is C11H12ClN3O. The van der Waals surface area contributed by atoms with Crippen LogP contribution in [-0.4, -0.2) is 16.7 Å². The summed E-state index contributed by atoms with van der Waals surface area (Å²) in [5.74, 6) is 1.21. The minimum absolute atomic E-state index is 0.517. The van der Waals surface area contributed by atoms with Crippen molar-refractivity contribution in [3.63, 3.8) is 0 Å². The van der Waals surface area contributed by atoms with Gasteiger partial charge in [-0.25, -0.2) is 0 Å². The number of aromatic nitrogens is 2. The van der Waals surface area contributed by atoms with E-state index in [9.17, 15) is 0 Å². The first kappa shape index (κ1) is 11.1. The van der Waals surface area contributed by atoms with Crippen molar-refractivity contribution in [3.8, 4) is 11.5 Å². The van der Waals surface area contributed by atoms with Crippen LogP contribution in [0.5, 0.6) is 0 Å². The van der Waals surface area contributed by atoms with Crippen molar-refractivity contribution in [2.75, 3.05) is 6.54 Å². The average Bonchev–Trinajstić information content (AvgIpc) is 2.76. The van der Waals surface area contributed by atoms with Crippen LogP contribution in [0.25, 0.3) is 11.5 Å². The van der Waals surface area contributed by atoms with Gasteiger partial charge in [-0.15, -0.1) is 0 Å². The van der Waals surface area contributed by atoms with E-state index in [1.165, 1.54) is 0 Å². The summed E-state index contributed by atoms with van der Waals surface area (Å²) in [6.45, 7) is 0.630. The molecule has 1 aromatic carbocycles. The third-order valence-electron chi connectivity index (χ3n) is 2.16. The van der Waals surface area contributed by atoms with E-state index in [-0.39, 0.29) is 0 Å². The number of nitrogens with zero attached hydrogens (tertiary/aromatic N) is 2. The van der Waals surface area contributed by atoms with E-state index in [4.69, 9.17) is 21.9 Å². The molecule has 5 heteroatoms. The van der Waals surface area contributed by atoms with Gasteiger partial charge in [0.2, 0.25) is 0 Å². The Morgan fingerprint density at radius 2 is 2.00 bits per heavy atom. The molecule has 84 valence electrons. The maximum atomic E-state index is 5.79. The zero-order valence-electron chi connectivity index (χ0n) is 8.69. The fraction of sp³-hybridized carbons (Fsp3) is 0.273. The van der Waals surface area contributed by atoms with Crippen LogP contribution in [0.2, 0.25) is 5.02 Å². The van der Waals surface area contributed by atoms with Crippen molar-refractivity contribution in [1.29, 1.82) is 0 Å². The van der Waals surface area contributed by atoms with Crippen molar-refractivity contribution >= 4 is 11.6 Å². The Morgan fingerprint density at radius 1 is 1.25 bits per heavy atom. The minimum Gasteiger partial charge on any atom is -0.334 e. The number of hydrogen-bond acceptors (Lipinski definition) is 4. The minimum atomic E-state index is 0.517. The quantitative estimate of drug-likeness (QED) is 0.886. The summed E-state index contributed by atoms with van der Waals surface area (Å²) < 4.78 is 5.14. The van der Waals surface area contributed by atoms with E-state index in [2.05, 4.69) is 10.1 Å². The van der Waals surface area contributed by atoms with E-state index in [0.717, 1.165) is 18.4 Å². The van der Waals surface area contributed by atoms with E-state index in [0.29, 0.717) is 23.3 Å². The van der Waals surface area contributed by atoms with Crippen LogP contribution in [0, 0.1) is 0 Å². The van der Waals surface area contributed by atoms with E-state index in [1.54, 1.807) is 12.1 Å². The molecule has 0 aliphatic carbocycles. The fourth-order valence-electron chi connectivity index (χ4n) is 1.33. The largest absolute Gasteiger partial charge is 0.334 e. The molecule has 0 radical (unpaired) electrons. The van der Waals surface area contributed by atoms with Crippen LogP contribution in [0.4, 0.5) is 0 Å². The lowest BCUT2D eigenvalue weighted by Crippen LogP contribution is -2.01. The van der Waals surface area contributed by atoms with Gasteiger partial charge in [0.25, 0.3) is 5.89 Å². The molecule has 1 aromatic heterocycles. The van der Waals surface area contributed by atoms with Crippen LogP contribution >= 0.6 is 11.6 Å². The third-order valence-corrected chi connectivity index (χ3v) is 2.42. The molecule has 0 amide bonds. The molecule has 0 unspecified atom stereocenters. The highest BCUT2D eigenvalue weighted by atomic mass is 35.5. The van der Waals surface area contributed by atoms with Crippen LogP contribution in [0.15, 0.2) is 28.8 Å². The molecule has 2 N–H and O–H groups in total. The fourth-order valence-corrected chi connectivity index (χ4v) is 1.45. The summed E-state index contributed by atoms with van der Waals surface area (Å²) in [5.41, 5.74) is 6.28. The lowest BCUT2D eigenvalue weighted by Gasteiger charge is -1.93. The third kappa shape index (κ3) is 2.59. The number of benzene rings is 1. The summed E-state index contributed by atoms with van der Waals surface area (Å²) in [5, 5.41) is 4.56. The van der Waals surface area contributed by atoms with Crippen LogP contribution < -0.4 is 5.73 Å². The molecule has 0 saturated heterocycles. The van der Waals surface area contributed by atoms with E-state index < -0.39 is 0 Å². The summed E-state index contributed by atoms with van der Waals surface area (Å²) in [7, 11) is 0. The maximum absolute atomic E-state index is 5.79. The van der Waals surface area contributed by atoms with E-state index >= 15 is 0 Å². The van der Waals surface area contributed by atoms with Gasteiger partial charge in [-0.1, -0.05) is 16.8 Å². The molecule has 0 fully saturated rings. The molecule has 0 bridgehead atoms. The number of nitrogens with two attached hydrogens (primary N) is 1. The molecule has 0 aliphatic rings. The van der Waals surface area contributed by atoms with Crippen LogP contribution in [0.3, 0.4) is 0 Å². The second-order valence-electron chi connectivity index (χ2n) is 3.41. The summed E-state index contributed by atoms with van der Waals surface area (Å²) >= 11 is 5.79. The summed E-state index contributed by atoms with van der Waals surface area (Å²) in [6.07, 6.45) is 1.60. The molecule has 2 aromatic rings. The number of aryl methyl sites for hydroxylation is 1. The molecular weight excluding hydrogens is 226 g/mol. The molecule has 0 atom stereocenters. The van der Waals surface area contributed by atoms with Gasteiger partial charge >= 0.3 is 0 Å². The second kappa shape index (κ2) is 5.09. The molecule has 0 saturated carbocycles. The normalized spacial score (nSPS) is 10.6. The SMILES string of the molecule is NCCCc1noc(-c2ccc(Cl)cc2)n1. The second-order valence-corrected chi connectivity index (χ2v) is 3.85. The van der Waals surface area contributed by atoms with Crippen molar-refractivity contribution in [2.45, 2.75) is 12.8 Å². The first-order valence-corrected chi connectivity index (χ1v) is 5.46. The average molecular weight is 238 g/mol. The predicted octanol–water partition coefficient (Wildman–Crippen LogP) is 2.28. The Labute approximate surface area is 98.4 Å². The van der Waals surface area contributed by atoms with Gasteiger partial charge in [0, 0.05) is 17.0 Å². The standard InChI is InChI=1S/C11H12ClN3O/c12-9-5-3-8(4-6-9)11-14-10(15-16-11)2-1-7-13/h3-6H,1-2,7,13H2. The van der Waals surface area contributed by atoms with Gasteiger partial charge in [-0.05, 0) is 37.2 Å². The monoisotopic (exact) mass is 237 g/mol. The van der Waals surface area contributed by atoms with Gasteiger partial charge in [0.15, 0.2) is 5.82 Å². The number of halogens is 1. The topological polar surface area (TPSA) is 64.9 Å². The molecule has 0 aliphatic heterocycles. The Bertz CT molecular complexity index is 453. The Balaban J connectivity index is 2.15. The van der Waals surface area contributed by atoms with Gasteiger partial charge in [0.1, 0.15) is 0 Å². The molecule has 2 rings (SSSR count). The molecule has 0 spiro atoms. The van der Waals surface area contributed by atoms with Gasteiger partial charge in [0.05, 0.1) is 0 Å². The summed E-state index contributed by atoms with van der Waals surface area (Å²) in [4.78, 5) is 4.27. The smallest absolute Gasteiger partial charge is 0.257 e. The zero-order chi connectivity index (χ0) is 11.4. The molecule has 1 heterocycles. The zero-order valence-corrected chi connectivity index (χ0v) is 9.44. The molecule has 4 nitrogen and oxygen atoms in total. The van der Waals surface area contributed by atoms with Crippen molar-refractivity contribution in [1.82, 2.24) is 10.1 Å². The van der Waals surface area contributed by atoms with Gasteiger partial charge < -0.3 is 10.3 Å². The van der Waals surface area contributed by atoms with Crippen molar-refractivity contribution < 1.29 is 4.52 Å². The van der Waals surface area contributed by atoms with Gasteiger partial charge in [-0.3, -0.25) is 0 Å². The van der Waals surface area contributed by atoms with Crippen molar-refractivity contribution in [2.24, 2.45) is 5.73 Å². The van der Waals surface area contributed by atoms with Crippen molar-refractivity contribution in [3.05, 3.63) is 35.1 Å². The lowest BCUT2D eigenvalue weighted by molar-refractivity contribution is 0.422. The highest BCUT2D eigenvalue weighted by Crippen LogP contribution is 2.19. The number of hydrogen-bond donors (Lipinski definition) is 1. The van der Waals surface area contributed by atoms with Gasteiger partial charge in [-0.2, -0.15) is 4.98 Å². The van der Waals surface area contributed by atoms with E-state index in [1.807, 2.05) is 12.1 Å². The van der Waals surface area contributed by atoms with Crippen LogP contribution in [0.1, 0.15) is 12.2 Å². The molecule has 16 heavy (non-hydrogen) atoms. The van der Waals surface area contributed by atoms with Crippen LogP contribution in [-0.2, 0) is 6.42 Å². The predicted molar refractivity (Wildman–Crippen MR) is 62.1 cm³/mol. The summed E-state index contributed by atoms with van der Waals surface area (Å²) in [6, 6.07) is 7.28. The Morgan fingerprint density at radius 3 is 2.69 bits per heavy atom. The lowest BCUT2D eigenvalue weighted by atomic mass is 10.2. The highest BCUT2D eigenvalue weighted by molar-refractivity contribution is 6.30. The highest BCUT2D eigenvalue weighted by Gasteiger charge is 2.07. The maximum Gasteiger partial charge on any atom is 0.257 e. The number of rotatable bonds is 4. The Kier molecular flexibility index (Phi) is 3.54.